The first-order valence-corrected chi connectivity index (χ1v) is 7.54. The molecule has 2 rings (SSSR count). The number of nitrogens with zero attached hydrogens (tertiary/aromatic N) is 2. The molecular formula is C16H19ClN4O. The number of amides is 1. The van der Waals surface area contributed by atoms with E-state index in [9.17, 15) is 4.79 Å². The minimum atomic E-state index is -0.268. The van der Waals surface area contributed by atoms with Crippen molar-refractivity contribution in [2.24, 2.45) is 0 Å². The van der Waals surface area contributed by atoms with Crippen molar-refractivity contribution in [3.05, 3.63) is 46.4 Å². The highest BCUT2D eigenvalue weighted by Crippen LogP contribution is 2.20. The van der Waals surface area contributed by atoms with Gasteiger partial charge < -0.3 is 10.6 Å². The van der Waals surface area contributed by atoms with Crippen molar-refractivity contribution >= 4 is 29.0 Å². The summed E-state index contributed by atoms with van der Waals surface area (Å²) in [6, 6.07) is 6.98. The fourth-order valence-electron chi connectivity index (χ4n) is 1.98. The van der Waals surface area contributed by atoms with Crippen molar-refractivity contribution in [1.29, 1.82) is 0 Å². The molecule has 1 aromatic carbocycles. The summed E-state index contributed by atoms with van der Waals surface area (Å²) in [5.74, 6) is 0.946. The Hall–Kier alpha value is -2.14. The molecular weight excluding hydrogens is 300 g/mol. The van der Waals surface area contributed by atoms with E-state index in [1.807, 2.05) is 6.92 Å². The molecule has 0 atom stereocenters. The Morgan fingerprint density at radius 1 is 1.23 bits per heavy atom. The number of hydrogen-bond donors (Lipinski definition) is 2. The molecule has 0 saturated carbocycles. The third kappa shape index (κ3) is 4.18. The standard InChI is InChI=1S/C16H19ClN4O/c1-4-7-18-15-9-14(19-11(3)20-15)16(22)21-13-6-5-12(17)8-10(13)2/h5-6,8-9H,4,7H2,1-3H3,(H,21,22)(H,18,19,20). The second kappa shape index (κ2) is 7.22. The summed E-state index contributed by atoms with van der Waals surface area (Å²) in [4.78, 5) is 20.8. The molecule has 0 aliphatic heterocycles. The van der Waals surface area contributed by atoms with Crippen LogP contribution >= 0.6 is 11.6 Å². The van der Waals surface area contributed by atoms with Crippen LogP contribution < -0.4 is 10.6 Å². The first-order chi connectivity index (χ1) is 10.5. The summed E-state index contributed by atoms with van der Waals surface area (Å²) >= 11 is 5.92. The van der Waals surface area contributed by atoms with Crippen LogP contribution in [0.3, 0.4) is 0 Å². The van der Waals surface area contributed by atoms with E-state index in [1.165, 1.54) is 0 Å². The van der Waals surface area contributed by atoms with Crippen LogP contribution in [0.4, 0.5) is 11.5 Å². The Kier molecular flexibility index (Phi) is 5.33. The highest BCUT2D eigenvalue weighted by atomic mass is 35.5. The average Bonchev–Trinajstić information content (AvgIpc) is 2.47. The Morgan fingerprint density at radius 3 is 2.68 bits per heavy atom. The lowest BCUT2D eigenvalue weighted by atomic mass is 10.2. The molecule has 2 N–H and O–H groups in total. The van der Waals surface area contributed by atoms with Crippen molar-refractivity contribution in [2.75, 3.05) is 17.2 Å². The van der Waals surface area contributed by atoms with Crippen LogP contribution in [0.15, 0.2) is 24.3 Å². The van der Waals surface area contributed by atoms with Gasteiger partial charge in [0.1, 0.15) is 17.3 Å². The van der Waals surface area contributed by atoms with Gasteiger partial charge in [-0.25, -0.2) is 9.97 Å². The van der Waals surface area contributed by atoms with E-state index in [2.05, 4.69) is 27.5 Å². The van der Waals surface area contributed by atoms with Crippen LogP contribution in [0, 0.1) is 13.8 Å². The molecule has 0 bridgehead atoms. The lowest BCUT2D eigenvalue weighted by Gasteiger charge is -2.10. The molecule has 22 heavy (non-hydrogen) atoms. The van der Waals surface area contributed by atoms with Gasteiger partial charge in [0.25, 0.3) is 5.91 Å². The maximum atomic E-state index is 12.4. The number of rotatable bonds is 5. The second-order valence-electron chi connectivity index (χ2n) is 5.03. The van der Waals surface area contributed by atoms with Crippen LogP contribution in [0.25, 0.3) is 0 Å². The van der Waals surface area contributed by atoms with Gasteiger partial charge in [0, 0.05) is 23.3 Å². The van der Waals surface area contributed by atoms with Crippen molar-refractivity contribution in [3.8, 4) is 0 Å². The fourth-order valence-corrected chi connectivity index (χ4v) is 2.21. The number of aromatic nitrogens is 2. The van der Waals surface area contributed by atoms with E-state index in [-0.39, 0.29) is 5.91 Å². The minimum absolute atomic E-state index is 0.268. The van der Waals surface area contributed by atoms with Crippen LogP contribution in [0.5, 0.6) is 0 Å². The van der Waals surface area contributed by atoms with Gasteiger partial charge in [-0.15, -0.1) is 0 Å². The predicted molar refractivity (Wildman–Crippen MR) is 89.7 cm³/mol. The third-order valence-corrected chi connectivity index (χ3v) is 3.30. The topological polar surface area (TPSA) is 66.9 Å². The van der Waals surface area contributed by atoms with E-state index in [4.69, 9.17) is 11.6 Å². The molecule has 6 heteroatoms. The molecule has 0 saturated heterocycles. The largest absolute Gasteiger partial charge is 0.370 e. The lowest BCUT2D eigenvalue weighted by molar-refractivity contribution is 0.102. The number of halogens is 1. The molecule has 0 spiro atoms. The Morgan fingerprint density at radius 2 is 2.00 bits per heavy atom. The first kappa shape index (κ1) is 16.2. The molecule has 0 radical (unpaired) electrons. The van der Waals surface area contributed by atoms with Gasteiger partial charge in [-0.05, 0) is 44.0 Å². The van der Waals surface area contributed by atoms with E-state index in [0.717, 1.165) is 18.5 Å². The summed E-state index contributed by atoms with van der Waals surface area (Å²) < 4.78 is 0. The van der Waals surface area contributed by atoms with Gasteiger partial charge in [-0.3, -0.25) is 4.79 Å². The molecule has 2 aromatic rings. The quantitative estimate of drug-likeness (QED) is 0.879. The summed E-state index contributed by atoms with van der Waals surface area (Å²) in [6.07, 6.45) is 0.981. The average molecular weight is 319 g/mol. The molecule has 1 amide bonds. The summed E-state index contributed by atoms with van der Waals surface area (Å²) in [5, 5.41) is 6.65. The van der Waals surface area contributed by atoms with Crippen molar-refractivity contribution < 1.29 is 4.79 Å². The SMILES string of the molecule is CCCNc1cc(C(=O)Nc2ccc(Cl)cc2C)nc(C)n1. The number of carbonyl (C=O) groups excluding carboxylic acids is 1. The maximum absolute atomic E-state index is 12.4. The van der Waals surface area contributed by atoms with E-state index in [0.29, 0.717) is 28.0 Å². The molecule has 1 heterocycles. The Bertz CT molecular complexity index is 688. The lowest BCUT2D eigenvalue weighted by Crippen LogP contribution is -2.16. The Labute approximate surface area is 135 Å². The van der Waals surface area contributed by atoms with Gasteiger partial charge in [-0.2, -0.15) is 0 Å². The van der Waals surface area contributed by atoms with Crippen LogP contribution in [0.2, 0.25) is 5.02 Å². The number of carbonyl (C=O) groups is 1. The molecule has 0 fully saturated rings. The van der Waals surface area contributed by atoms with E-state index < -0.39 is 0 Å². The zero-order valence-electron chi connectivity index (χ0n) is 12.9. The van der Waals surface area contributed by atoms with Crippen LogP contribution in [-0.2, 0) is 0 Å². The minimum Gasteiger partial charge on any atom is -0.370 e. The molecule has 1 aromatic heterocycles. The molecule has 0 aliphatic carbocycles. The van der Waals surface area contributed by atoms with Crippen molar-refractivity contribution in [2.45, 2.75) is 27.2 Å². The smallest absolute Gasteiger partial charge is 0.274 e. The van der Waals surface area contributed by atoms with Gasteiger partial charge in [0.15, 0.2) is 0 Å². The maximum Gasteiger partial charge on any atom is 0.274 e. The van der Waals surface area contributed by atoms with Crippen LogP contribution in [0.1, 0.15) is 35.2 Å². The van der Waals surface area contributed by atoms with Crippen molar-refractivity contribution in [1.82, 2.24) is 9.97 Å². The highest BCUT2D eigenvalue weighted by molar-refractivity contribution is 6.30. The zero-order valence-corrected chi connectivity index (χ0v) is 13.7. The molecule has 116 valence electrons. The summed E-state index contributed by atoms with van der Waals surface area (Å²) in [6.45, 7) is 6.52. The summed E-state index contributed by atoms with van der Waals surface area (Å²) in [5.41, 5.74) is 1.95. The van der Waals surface area contributed by atoms with Gasteiger partial charge >= 0.3 is 0 Å². The van der Waals surface area contributed by atoms with E-state index in [1.54, 1.807) is 31.2 Å². The van der Waals surface area contributed by atoms with Crippen molar-refractivity contribution in [3.63, 3.8) is 0 Å². The van der Waals surface area contributed by atoms with E-state index >= 15 is 0 Å². The number of aryl methyl sites for hydroxylation is 2. The number of anilines is 2. The molecule has 0 aliphatic rings. The monoisotopic (exact) mass is 318 g/mol. The van der Waals surface area contributed by atoms with Gasteiger partial charge in [0.2, 0.25) is 0 Å². The fraction of sp³-hybridized carbons (Fsp3) is 0.312. The molecule has 0 unspecified atom stereocenters. The highest BCUT2D eigenvalue weighted by Gasteiger charge is 2.12. The van der Waals surface area contributed by atoms with Gasteiger partial charge in [0.05, 0.1) is 0 Å². The Balaban J connectivity index is 2.20. The molecule has 5 nitrogen and oxygen atoms in total. The normalized spacial score (nSPS) is 10.4. The predicted octanol–water partition coefficient (Wildman–Crippen LogP) is 3.82. The number of nitrogens with one attached hydrogen (secondary N) is 2. The number of hydrogen-bond acceptors (Lipinski definition) is 4. The summed E-state index contributed by atoms with van der Waals surface area (Å²) in [7, 11) is 0. The van der Waals surface area contributed by atoms with Gasteiger partial charge in [-0.1, -0.05) is 18.5 Å². The first-order valence-electron chi connectivity index (χ1n) is 7.16. The zero-order chi connectivity index (χ0) is 16.1. The third-order valence-electron chi connectivity index (χ3n) is 3.06. The second-order valence-corrected chi connectivity index (χ2v) is 5.46. The number of benzene rings is 1. The van der Waals surface area contributed by atoms with Crippen LogP contribution in [-0.4, -0.2) is 22.4 Å².